The van der Waals surface area contributed by atoms with Crippen molar-refractivity contribution in [2.75, 3.05) is 5.73 Å². The molecule has 3 heterocycles. The van der Waals surface area contributed by atoms with Gasteiger partial charge in [0.25, 0.3) is 5.56 Å². The van der Waals surface area contributed by atoms with Crippen molar-refractivity contribution < 1.29 is 4.42 Å². The van der Waals surface area contributed by atoms with Gasteiger partial charge in [-0.2, -0.15) is 5.26 Å². The van der Waals surface area contributed by atoms with Gasteiger partial charge >= 0.3 is 0 Å². The average Bonchev–Trinajstić information content (AvgIpc) is 3.25. The van der Waals surface area contributed by atoms with Crippen molar-refractivity contribution in [2.24, 2.45) is 0 Å². The summed E-state index contributed by atoms with van der Waals surface area (Å²) in [6, 6.07) is 20.2. The summed E-state index contributed by atoms with van der Waals surface area (Å²) in [6.07, 6.45) is 3.31. The summed E-state index contributed by atoms with van der Waals surface area (Å²) in [5.74, 6) is 0.669. The van der Waals surface area contributed by atoms with Crippen LogP contribution in [0.25, 0.3) is 22.6 Å². The summed E-state index contributed by atoms with van der Waals surface area (Å²) in [5.41, 5.74) is 9.01. The summed E-state index contributed by atoms with van der Waals surface area (Å²) in [6.45, 7) is 0.442. The molecule has 0 bridgehead atoms. The van der Waals surface area contributed by atoms with Gasteiger partial charge in [0.15, 0.2) is 5.76 Å². The first-order valence-electron chi connectivity index (χ1n) is 8.65. The van der Waals surface area contributed by atoms with Crippen LogP contribution in [-0.4, -0.2) is 9.55 Å². The Balaban J connectivity index is 1.86. The molecule has 4 aromatic rings. The molecule has 0 atom stereocenters. The number of nitrogen functional groups attached to an aromatic ring is 1. The Bertz CT molecular complexity index is 1220. The molecule has 0 unspecified atom stereocenters. The molecule has 0 amide bonds. The van der Waals surface area contributed by atoms with Crippen LogP contribution in [0.4, 0.5) is 5.82 Å². The van der Waals surface area contributed by atoms with Crippen LogP contribution in [0.1, 0.15) is 11.1 Å². The molecule has 0 aliphatic rings. The molecule has 0 aliphatic heterocycles. The highest BCUT2D eigenvalue weighted by molar-refractivity contribution is 5.81. The third-order valence-corrected chi connectivity index (χ3v) is 4.42. The predicted molar refractivity (Wildman–Crippen MR) is 106 cm³/mol. The molecule has 4 rings (SSSR count). The first kappa shape index (κ1) is 17.3. The van der Waals surface area contributed by atoms with Crippen molar-refractivity contribution in [3.63, 3.8) is 0 Å². The van der Waals surface area contributed by atoms with Gasteiger partial charge in [0.1, 0.15) is 17.6 Å². The number of anilines is 1. The largest absolute Gasteiger partial charge is 0.463 e. The van der Waals surface area contributed by atoms with Crippen molar-refractivity contribution in [3.05, 3.63) is 94.6 Å². The molecule has 0 fully saturated rings. The molecule has 0 saturated carbocycles. The van der Waals surface area contributed by atoms with Crippen LogP contribution in [0.15, 0.2) is 82.3 Å². The standard InChI is InChI=1S/C22H16N4O2/c23-12-17-11-18(21(25-22(17)24)19-7-4-10-28-19)16-8-9-20(27)26(14-16)13-15-5-2-1-3-6-15/h1-11,14H,13H2,(H2,24,25). The fourth-order valence-electron chi connectivity index (χ4n) is 3.03. The number of nitrogens with zero attached hydrogens (tertiary/aromatic N) is 3. The molecular weight excluding hydrogens is 352 g/mol. The molecule has 28 heavy (non-hydrogen) atoms. The first-order chi connectivity index (χ1) is 13.7. The summed E-state index contributed by atoms with van der Waals surface area (Å²) in [7, 11) is 0. The normalized spacial score (nSPS) is 10.5. The van der Waals surface area contributed by atoms with Gasteiger partial charge in [0.05, 0.1) is 18.4 Å². The average molecular weight is 368 g/mol. The zero-order valence-corrected chi connectivity index (χ0v) is 14.9. The zero-order valence-electron chi connectivity index (χ0n) is 14.9. The minimum absolute atomic E-state index is 0.115. The minimum Gasteiger partial charge on any atom is -0.463 e. The Morgan fingerprint density at radius 3 is 2.64 bits per heavy atom. The SMILES string of the molecule is N#Cc1cc(-c2ccc(=O)n(Cc3ccccc3)c2)c(-c2ccco2)nc1N. The Labute approximate surface area is 161 Å². The number of hydrogen-bond donors (Lipinski definition) is 1. The van der Waals surface area contributed by atoms with E-state index in [4.69, 9.17) is 10.2 Å². The molecule has 0 aliphatic carbocycles. The number of hydrogen-bond acceptors (Lipinski definition) is 5. The third kappa shape index (κ3) is 3.29. The van der Waals surface area contributed by atoms with Gasteiger partial charge in [-0.1, -0.05) is 30.3 Å². The molecule has 6 heteroatoms. The van der Waals surface area contributed by atoms with Crippen LogP contribution >= 0.6 is 0 Å². The second-order valence-corrected chi connectivity index (χ2v) is 6.28. The lowest BCUT2D eigenvalue weighted by Crippen LogP contribution is -2.19. The summed E-state index contributed by atoms with van der Waals surface area (Å²) in [4.78, 5) is 16.7. The fourth-order valence-corrected chi connectivity index (χ4v) is 3.03. The molecule has 1 aromatic carbocycles. The monoisotopic (exact) mass is 368 g/mol. The van der Waals surface area contributed by atoms with Crippen LogP contribution in [0.3, 0.4) is 0 Å². The van der Waals surface area contributed by atoms with Crippen molar-refractivity contribution in [1.29, 1.82) is 5.26 Å². The molecule has 136 valence electrons. The Morgan fingerprint density at radius 1 is 1.11 bits per heavy atom. The Kier molecular flexibility index (Phi) is 4.48. The van der Waals surface area contributed by atoms with Crippen LogP contribution in [0.2, 0.25) is 0 Å². The van der Waals surface area contributed by atoms with Gasteiger partial charge in [-0.3, -0.25) is 4.79 Å². The summed E-state index contributed by atoms with van der Waals surface area (Å²) in [5, 5.41) is 9.36. The highest BCUT2D eigenvalue weighted by Gasteiger charge is 2.16. The van der Waals surface area contributed by atoms with Gasteiger partial charge in [0.2, 0.25) is 0 Å². The van der Waals surface area contributed by atoms with E-state index in [1.54, 1.807) is 41.3 Å². The Hall–Kier alpha value is -4.11. The van der Waals surface area contributed by atoms with E-state index < -0.39 is 0 Å². The van der Waals surface area contributed by atoms with E-state index in [9.17, 15) is 10.1 Å². The topological polar surface area (TPSA) is 97.8 Å². The number of pyridine rings is 2. The van der Waals surface area contributed by atoms with Crippen molar-refractivity contribution in [2.45, 2.75) is 6.54 Å². The lowest BCUT2D eigenvalue weighted by Gasteiger charge is -2.12. The fraction of sp³-hybridized carbons (Fsp3) is 0.0455. The molecular formula is C22H16N4O2. The van der Waals surface area contributed by atoms with Gasteiger partial charge in [-0.15, -0.1) is 0 Å². The second kappa shape index (κ2) is 7.25. The van der Waals surface area contributed by atoms with E-state index in [0.717, 1.165) is 11.1 Å². The summed E-state index contributed by atoms with van der Waals surface area (Å²) >= 11 is 0. The molecule has 0 radical (unpaired) electrons. The smallest absolute Gasteiger partial charge is 0.250 e. The summed E-state index contributed by atoms with van der Waals surface area (Å²) < 4.78 is 7.11. The van der Waals surface area contributed by atoms with Crippen molar-refractivity contribution in [3.8, 4) is 28.7 Å². The number of nitrogens with two attached hydrogens (primary N) is 1. The van der Waals surface area contributed by atoms with Gasteiger partial charge in [0, 0.05) is 23.4 Å². The molecule has 0 saturated heterocycles. The first-order valence-corrected chi connectivity index (χ1v) is 8.65. The van der Waals surface area contributed by atoms with E-state index in [1.807, 2.05) is 30.3 Å². The van der Waals surface area contributed by atoms with Crippen molar-refractivity contribution in [1.82, 2.24) is 9.55 Å². The van der Waals surface area contributed by atoms with Crippen LogP contribution < -0.4 is 11.3 Å². The lowest BCUT2D eigenvalue weighted by atomic mass is 10.0. The van der Waals surface area contributed by atoms with E-state index in [1.165, 1.54) is 6.07 Å². The molecule has 0 spiro atoms. The lowest BCUT2D eigenvalue weighted by molar-refractivity contribution is 0.580. The number of nitriles is 1. The molecule has 6 nitrogen and oxygen atoms in total. The van der Waals surface area contributed by atoms with Crippen LogP contribution in [-0.2, 0) is 6.54 Å². The minimum atomic E-state index is -0.115. The third-order valence-electron chi connectivity index (χ3n) is 4.42. The van der Waals surface area contributed by atoms with E-state index >= 15 is 0 Å². The maximum atomic E-state index is 12.4. The van der Waals surface area contributed by atoms with E-state index in [2.05, 4.69) is 11.1 Å². The maximum Gasteiger partial charge on any atom is 0.250 e. The number of aromatic nitrogens is 2. The Morgan fingerprint density at radius 2 is 1.93 bits per heavy atom. The maximum absolute atomic E-state index is 12.4. The highest BCUT2D eigenvalue weighted by Crippen LogP contribution is 2.32. The molecule has 2 N–H and O–H groups in total. The highest BCUT2D eigenvalue weighted by atomic mass is 16.3. The number of rotatable bonds is 4. The molecule has 3 aromatic heterocycles. The zero-order chi connectivity index (χ0) is 19.5. The number of benzene rings is 1. The van der Waals surface area contributed by atoms with Crippen LogP contribution in [0, 0.1) is 11.3 Å². The predicted octanol–water partition coefficient (Wildman–Crippen LogP) is 3.67. The second-order valence-electron chi connectivity index (χ2n) is 6.28. The van der Waals surface area contributed by atoms with E-state index in [-0.39, 0.29) is 16.9 Å². The van der Waals surface area contributed by atoms with Crippen LogP contribution in [0.5, 0.6) is 0 Å². The number of furan rings is 1. The van der Waals surface area contributed by atoms with Gasteiger partial charge in [-0.25, -0.2) is 4.98 Å². The van der Waals surface area contributed by atoms with Gasteiger partial charge in [-0.05, 0) is 29.8 Å². The quantitative estimate of drug-likeness (QED) is 0.593. The van der Waals surface area contributed by atoms with E-state index in [0.29, 0.717) is 23.6 Å². The van der Waals surface area contributed by atoms with Gasteiger partial charge < -0.3 is 14.7 Å². The van der Waals surface area contributed by atoms with Crippen molar-refractivity contribution >= 4 is 5.82 Å².